The Bertz CT molecular complexity index is 516. The second-order valence-electron chi connectivity index (χ2n) is 3.61. The summed E-state index contributed by atoms with van der Waals surface area (Å²) >= 11 is 7.41. The number of nitrogens with zero attached hydrogens (tertiary/aromatic N) is 1. The Labute approximate surface area is 114 Å². The molecule has 4 nitrogen and oxygen atoms in total. The molecule has 0 atom stereocenters. The van der Waals surface area contributed by atoms with E-state index in [2.05, 4.69) is 15.3 Å². The van der Waals surface area contributed by atoms with E-state index in [0.717, 1.165) is 11.3 Å². The summed E-state index contributed by atoms with van der Waals surface area (Å²) in [5, 5.41) is 3.38. The fraction of sp³-hybridized carbons (Fsp3) is 0.167. The van der Waals surface area contributed by atoms with Gasteiger partial charge in [0.15, 0.2) is 0 Å². The van der Waals surface area contributed by atoms with Crippen LogP contribution in [0.5, 0.6) is 0 Å². The lowest BCUT2D eigenvalue weighted by atomic mass is 10.2. The van der Waals surface area contributed by atoms with E-state index in [-0.39, 0.29) is 5.91 Å². The summed E-state index contributed by atoms with van der Waals surface area (Å²) in [5.74, 6) is 1.54. The first-order valence-corrected chi connectivity index (χ1v) is 6.89. The van der Waals surface area contributed by atoms with Crippen LogP contribution in [0.25, 0.3) is 0 Å². The van der Waals surface area contributed by atoms with Crippen LogP contribution in [0.3, 0.4) is 0 Å². The van der Waals surface area contributed by atoms with Crippen molar-refractivity contribution in [3.8, 4) is 0 Å². The number of rotatable bonds is 5. The number of carbonyl (C=O) groups excluding carboxylic acids is 1. The Morgan fingerprint density at radius 3 is 3.11 bits per heavy atom. The van der Waals surface area contributed by atoms with Crippen molar-refractivity contribution in [3.63, 3.8) is 0 Å². The lowest BCUT2D eigenvalue weighted by Crippen LogP contribution is -2.15. The van der Waals surface area contributed by atoms with Gasteiger partial charge < -0.3 is 4.98 Å². The number of aromatic amines is 1. The molecule has 1 amide bonds. The Hall–Kier alpha value is -1.46. The third-order valence-corrected chi connectivity index (χ3v) is 3.39. The van der Waals surface area contributed by atoms with Crippen molar-refractivity contribution in [2.24, 2.45) is 0 Å². The topological polar surface area (TPSA) is 57.8 Å². The fourth-order valence-electron chi connectivity index (χ4n) is 1.39. The molecule has 18 heavy (non-hydrogen) atoms. The Balaban J connectivity index is 1.73. The van der Waals surface area contributed by atoms with Gasteiger partial charge in [-0.3, -0.25) is 10.1 Å². The molecule has 1 aromatic carbocycles. The van der Waals surface area contributed by atoms with E-state index >= 15 is 0 Å². The molecule has 94 valence electrons. The molecule has 0 aliphatic heterocycles. The first kappa shape index (κ1) is 13.0. The number of halogens is 1. The second kappa shape index (κ2) is 6.47. The third kappa shape index (κ3) is 4.09. The maximum atomic E-state index is 11.5. The summed E-state index contributed by atoms with van der Waals surface area (Å²) < 4.78 is 0. The van der Waals surface area contributed by atoms with Crippen LogP contribution < -0.4 is 5.32 Å². The van der Waals surface area contributed by atoms with Gasteiger partial charge in [0.05, 0.1) is 5.75 Å². The van der Waals surface area contributed by atoms with E-state index in [4.69, 9.17) is 11.6 Å². The molecule has 0 unspecified atom stereocenters. The number of carbonyl (C=O) groups is 1. The van der Waals surface area contributed by atoms with Gasteiger partial charge in [0.1, 0.15) is 0 Å². The van der Waals surface area contributed by atoms with Gasteiger partial charge in [0.25, 0.3) is 0 Å². The number of benzene rings is 1. The molecular formula is C12H12ClN3OS. The number of aromatic nitrogens is 2. The van der Waals surface area contributed by atoms with Gasteiger partial charge in [-0.1, -0.05) is 23.7 Å². The van der Waals surface area contributed by atoms with Crippen LogP contribution >= 0.6 is 23.4 Å². The highest BCUT2D eigenvalue weighted by atomic mass is 35.5. The van der Waals surface area contributed by atoms with E-state index in [0.29, 0.717) is 16.7 Å². The zero-order chi connectivity index (χ0) is 12.8. The highest BCUT2D eigenvalue weighted by Gasteiger charge is 2.04. The van der Waals surface area contributed by atoms with Gasteiger partial charge >= 0.3 is 0 Å². The molecule has 2 aromatic rings. The van der Waals surface area contributed by atoms with Crippen LogP contribution in [0.15, 0.2) is 36.7 Å². The van der Waals surface area contributed by atoms with E-state index in [1.807, 2.05) is 24.3 Å². The summed E-state index contributed by atoms with van der Waals surface area (Å²) in [6.07, 6.45) is 3.25. The monoisotopic (exact) mass is 281 g/mol. The number of thioether (sulfide) groups is 1. The number of H-pyrrole nitrogens is 1. The van der Waals surface area contributed by atoms with Crippen molar-refractivity contribution in [1.82, 2.24) is 9.97 Å². The van der Waals surface area contributed by atoms with Crippen LogP contribution in [0.1, 0.15) is 5.56 Å². The Kier molecular flexibility index (Phi) is 4.66. The molecule has 0 aliphatic rings. The maximum Gasteiger partial charge on any atom is 0.236 e. The zero-order valence-electron chi connectivity index (χ0n) is 9.52. The van der Waals surface area contributed by atoms with Gasteiger partial charge in [-0.05, 0) is 17.7 Å². The quantitative estimate of drug-likeness (QED) is 0.886. The first-order valence-electron chi connectivity index (χ1n) is 5.35. The van der Waals surface area contributed by atoms with E-state index < -0.39 is 0 Å². The molecule has 2 N–H and O–H groups in total. The smallest absolute Gasteiger partial charge is 0.236 e. The minimum Gasteiger partial charge on any atom is -0.331 e. The molecule has 6 heteroatoms. The van der Waals surface area contributed by atoms with Gasteiger partial charge in [-0.15, -0.1) is 11.8 Å². The SMILES string of the molecule is O=C(CSCc1cccc(Cl)c1)Nc1ncc[nH]1. The van der Waals surface area contributed by atoms with E-state index in [1.54, 1.807) is 12.4 Å². The zero-order valence-corrected chi connectivity index (χ0v) is 11.1. The molecule has 0 fully saturated rings. The highest BCUT2D eigenvalue weighted by Crippen LogP contribution is 2.16. The van der Waals surface area contributed by atoms with Gasteiger partial charge in [-0.2, -0.15) is 0 Å². The van der Waals surface area contributed by atoms with Crippen molar-refractivity contribution in [2.75, 3.05) is 11.1 Å². The van der Waals surface area contributed by atoms with Crippen molar-refractivity contribution in [2.45, 2.75) is 5.75 Å². The van der Waals surface area contributed by atoms with Gasteiger partial charge in [0, 0.05) is 23.2 Å². The lowest BCUT2D eigenvalue weighted by Gasteiger charge is -2.03. The highest BCUT2D eigenvalue weighted by molar-refractivity contribution is 7.99. The van der Waals surface area contributed by atoms with Crippen LogP contribution in [0.4, 0.5) is 5.95 Å². The summed E-state index contributed by atoms with van der Waals surface area (Å²) in [6, 6.07) is 7.63. The second-order valence-corrected chi connectivity index (χ2v) is 5.03. The van der Waals surface area contributed by atoms with Crippen LogP contribution in [0, 0.1) is 0 Å². The summed E-state index contributed by atoms with van der Waals surface area (Å²) in [6.45, 7) is 0. The molecule has 2 rings (SSSR count). The molecular weight excluding hydrogens is 270 g/mol. The van der Waals surface area contributed by atoms with E-state index in [1.165, 1.54) is 11.8 Å². The number of nitrogens with one attached hydrogen (secondary N) is 2. The first-order chi connectivity index (χ1) is 8.74. The predicted molar refractivity (Wildman–Crippen MR) is 74.8 cm³/mol. The van der Waals surface area contributed by atoms with Crippen molar-refractivity contribution in [3.05, 3.63) is 47.2 Å². The molecule has 0 spiro atoms. The van der Waals surface area contributed by atoms with Crippen molar-refractivity contribution in [1.29, 1.82) is 0 Å². The number of imidazole rings is 1. The Morgan fingerprint density at radius 1 is 1.50 bits per heavy atom. The number of anilines is 1. The molecule has 0 radical (unpaired) electrons. The maximum absolute atomic E-state index is 11.5. The van der Waals surface area contributed by atoms with Crippen LogP contribution in [0.2, 0.25) is 5.02 Å². The molecule has 0 saturated carbocycles. The van der Waals surface area contributed by atoms with E-state index in [9.17, 15) is 4.79 Å². The minimum atomic E-state index is -0.0722. The predicted octanol–water partition coefficient (Wildman–Crippen LogP) is 2.94. The Morgan fingerprint density at radius 2 is 2.39 bits per heavy atom. The number of hydrogen-bond acceptors (Lipinski definition) is 3. The average Bonchev–Trinajstić information content (AvgIpc) is 2.82. The normalized spacial score (nSPS) is 10.3. The van der Waals surface area contributed by atoms with Crippen molar-refractivity contribution < 1.29 is 4.79 Å². The summed E-state index contributed by atoms with van der Waals surface area (Å²) in [4.78, 5) is 18.3. The van der Waals surface area contributed by atoms with Gasteiger partial charge in [0.2, 0.25) is 11.9 Å². The van der Waals surface area contributed by atoms with Crippen LogP contribution in [-0.2, 0) is 10.5 Å². The largest absolute Gasteiger partial charge is 0.331 e. The molecule has 0 bridgehead atoms. The van der Waals surface area contributed by atoms with Crippen molar-refractivity contribution >= 4 is 35.2 Å². The molecule has 1 heterocycles. The minimum absolute atomic E-state index is 0.0722. The third-order valence-electron chi connectivity index (χ3n) is 2.15. The molecule has 0 saturated heterocycles. The number of amides is 1. The summed E-state index contributed by atoms with van der Waals surface area (Å²) in [7, 11) is 0. The summed E-state index contributed by atoms with van der Waals surface area (Å²) in [5.41, 5.74) is 1.11. The molecule has 1 aromatic heterocycles. The van der Waals surface area contributed by atoms with Gasteiger partial charge in [-0.25, -0.2) is 4.98 Å². The average molecular weight is 282 g/mol. The fourth-order valence-corrected chi connectivity index (χ4v) is 2.38. The number of hydrogen-bond donors (Lipinski definition) is 2. The van der Waals surface area contributed by atoms with Crippen LogP contribution in [-0.4, -0.2) is 21.6 Å². The standard InChI is InChI=1S/C12H12ClN3OS/c13-10-3-1-2-9(6-10)7-18-8-11(17)16-12-14-4-5-15-12/h1-6H,7-8H2,(H2,14,15,16,17). The molecule has 0 aliphatic carbocycles. The lowest BCUT2D eigenvalue weighted by molar-refractivity contribution is -0.113.